The molecule has 1 aliphatic heterocycles. The standard InChI is InChI=1S/C19H20N4O3/c1-25-14-3-2-13(12-4-8-26-9-5-12)16-17(14)22-15(10-21-16)23-18(24)19(11-20)6-7-19/h2-3,10,12H,4-9H2,1H3,(H,22,23,24). The number of fused-ring (bicyclic) bond motifs is 1. The van der Waals surface area contributed by atoms with Crippen LogP contribution in [0.25, 0.3) is 11.0 Å². The Kier molecular flexibility index (Phi) is 4.21. The molecule has 0 spiro atoms. The minimum absolute atomic E-state index is 0.312. The Hall–Kier alpha value is -2.72. The van der Waals surface area contributed by atoms with Crippen LogP contribution in [0.1, 0.15) is 37.2 Å². The van der Waals surface area contributed by atoms with Crippen LogP contribution in [0, 0.1) is 16.7 Å². The van der Waals surface area contributed by atoms with Crippen molar-refractivity contribution >= 4 is 22.8 Å². The van der Waals surface area contributed by atoms with Crippen LogP contribution in [0.4, 0.5) is 5.82 Å². The van der Waals surface area contributed by atoms with Crippen LogP contribution >= 0.6 is 0 Å². The minimum Gasteiger partial charge on any atom is -0.494 e. The molecule has 134 valence electrons. The van der Waals surface area contributed by atoms with Gasteiger partial charge in [0, 0.05) is 13.2 Å². The molecule has 7 nitrogen and oxygen atoms in total. The fraction of sp³-hybridized carbons (Fsp3) is 0.474. The Labute approximate surface area is 151 Å². The van der Waals surface area contributed by atoms with E-state index < -0.39 is 5.41 Å². The summed E-state index contributed by atoms with van der Waals surface area (Å²) in [6.45, 7) is 1.49. The van der Waals surface area contributed by atoms with Gasteiger partial charge in [0.15, 0.2) is 5.82 Å². The van der Waals surface area contributed by atoms with E-state index in [0.717, 1.165) is 37.1 Å². The molecule has 0 radical (unpaired) electrons. The van der Waals surface area contributed by atoms with Crippen molar-refractivity contribution in [2.75, 3.05) is 25.6 Å². The lowest BCUT2D eigenvalue weighted by Gasteiger charge is -2.23. The number of carbonyl (C=O) groups is 1. The van der Waals surface area contributed by atoms with Gasteiger partial charge >= 0.3 is 0 Å². The fourth-order valence-electron chi connectivity index (χ4n) is 3.41. The molecule has 0 atom stereocenters. The van der Waals surface area contributed by atoms with Gasteiger partial charge in [-0.15, -0.1) is 0 Å². The van der Waals surface area contributed by atoms with Gasteiger partial charge in [0.05, 0.1) is 24.9 Å². The molecule has 1 amide bonds. The van der Waals surface area contributed by atoms with E-state index in [4.69, 9.17) is 14.7 Å². The number of nitrogens with one attached hydrogen (secondary N) is 1. The van der Waals surface area contributed by atoms with Gasteiger partial charge in [-0.25, -0.2) is 4.98 Å². The summed E-state index contributed by atoms with van der Waals surface area (Å²) in [5.74, 6) is 1.01. The van der Waals surface area contributed by atoms with Crippen LogP contribution < -0.4 is 10.1 Å². The van der Waals surface area contributed by atoms with Crippen LogP contribution in [0.3, 0.4) is 0 Å². The number of aromatic nitrogens is 2. The highest BCUT2D eigenvalue weighted by molar-refractivity contribution is 5.99. The molecule has 1 saturated carbocycles. The molecule has 1 aromatic heterocycles. The number of carbonyl (C=O) groups excluding carboxylic acids is 1. The van der Waals surface area contributed by atoms with Crippen molar-refractivity contribution in [3.05, 3.63) is 23.9 Å². The molecule has 2 aliphatic rings. The molecule has 2 aromatic rings. The van der Waals surface area contributed by atoms with E-state index in [1.165, 1.54) is 0 Å². The summed E-state index contributed by atoms with van der Waals surface area (Å²) in [7, 11) is 1.59. The molecule has 2 fully saturated rings. The first-order valence-electron chi connectivity index (χ1n) is 8.81. The van der Waals surface area contributed by atoms with Crippen molar-refractivity contribution in [3.63, 3.8) is 0 Å². The van der Waals surface area contributed by atoms with E-state index in [2.05, 4.69) is 21.4 Å². The highest BCUT2D eigenvalue weighted by Crippen LogP contribution is 2.45. The maximum atomic E-state index is 12.3. The first-order chi connectivity index (χ1) is 12.7. The van der Waals surface area contributed by atoms with E-state index >= 15 is 0 Å². The first-order valence-corrected chi connectivity index (χ1v) is 8.81. The average molecular weight is 352 g/mol. The number of methoxy groups -OCH3 is 1. The van der Waals surface area contributed by atoms with Crippen LogP contribution in [0.2, 0.25) is 0 Å². The van der Waals surface area contributed by atoms with Gasteiger partial charge < -0.3 is 14.8 Å². The number of amides is 1. The number of hydrogen-bond donors (Lipinski definition) is 1. The van der Waals surface area contributed by atoms with Crippen LogP contribution in [0.5, 0.6) is 5.75 Å². The summed E-state index contributed by atoms with van der Waals surface area (Å²) in [4.78, 5) is 21.4. The van der Waals surface area contributed by atoms with Gasteiger partial charge in [-0.2, -0.15) is 5.26 Å². The van der Waals surface area contributed by atoms with Crippen molar-refractivity contribution in [3.8, 4) is 11.8 Å². The summed E-state index contributed by atoms with van der Waals surface area (Å²) < 4.78 is 10.9. The quantitative estimate of drug-likeness (QED) is 0.909. The molecule has 1 saturated heterocycles. The number of ether oxygens (including phenoxy) is 2. The molecule has 0 unspecified atom stereocenters. The van der Waals surface area contributed by atoms with Gasteiger partial charge in [-0.1, -0.05) is 6.07 Å². The van der Waals surface area contributed by atoms with Crippen molar-refractivity contribution < 1.29 is 14.3 Å². The lowest BCUT2D eigenvalue weighted by Crippen LogP contribution is -2.23. The molecule has 26 heavy (non-hydrogen) atoms. The molecule has 7 heteroatoms. The number of anilines is 1. The van der Waals surface area contributed by atoms with E-state index in [-0.39, 0.29) is 5.91 Å². The van der Waals surface area contributed by atoms with E-state index in [9.17, 15) is 4.79 Å². The predicted molar refractivity (Wildman–Crippen MR) is 94.8 cm³/mol. The van der Waals surface area contributed by atoms with Gasteiger partial charge in [-0.05, 0) is 43.2 Å². The summed E-state index contributed by atoms with van der Waals surface area (Å²) in [5, 5.41) is 11.9. The number of hydrogen-bond acceptors (Lipinski definition) is 6. The first kappa shape index (κ1) is 16.7. The van der Waals surface area contributed by atoms with Gasteiger partial charge in [0.1, 0.15) is 16.7 Å². The Bertz CT molecular complexity index is 896. The molecule has 1 N–H and O–H groups in total. The van der Waals surface area contributed by atoms with Crippen molar-refractivity contribution in [1.82, 2.24) is 9.97 Å². The highest BCUT2D eigenvalue weighted by atomic mass is 16.5. The zero-order chi connectivity index (χ0) is 18.1. The summed E-state index contributed by atoms with van der Waals surface area (Å²) in [6, 6.07) is 6.02. The lowest BCUT2D eigenvalue weighted by atomic mass is 9.90. The fourth-order valence-corrected chi connectivity index (χ4v) is 3.41. The third-order valence-electron chi connectivity index (χ3n) is 5.21. The Morgan fingerprint density at radius 2 is 2.12 bits per heavy atom. The Morgan fingerprint density at radius 1 is 1.35 bits per heavy atom. The summed E-state index contributed by atoms with van der Waals surface area (Å²) in [6.07, 6.45) is 4.63. The van der Waals surface area contributed by atoms with E-state index in [1.54, 1.807) is 13.3 Å². The largest absolute Gasteiger partial charge is 0.494 e. The van der Waals surface area contributed by atoms with Crippen LogP contribution in [0.15, 0.2) is 18.3 Å². The van der Waals surface area contributed by atoms with Crippen LogP contribution in [-0.4, -0.2) is 36.2 Å². The second-order valence-corrected chi connectivity index (χ2v) is 6.84. The summed E-state index contributed by atoms with van der Waals surface area (Å²) in [5.41, 5.74) is 1.64. The smallest absolute Gasteiger partial charge is 0.246 e. The number of benzene rings is 1. The Morgan fingerprint density at radius 3 is 2.77 bits per heavy atom. The topological polar surface area (TPSA) is 97.1 Å². The lowest BCUT2D eigenvalue weighted by molar-refractivity contribution is -0.119. The molecule has 1 aliphatic carbocycles. The normalized spacial score (nSPS) is 18.9. The zero-order valence-corrected chi connectivity index (χ0v) is 14.6. The molecular weight excluding hydrogens is 332 g/mol. The third-order valence-corrected chi connectivity index (χ3v) is 5.21. The maximum absolute atomic E-state index is 12.3. The van der Waals surface area contributed by atoms with Crippen molar-refractivity contribution in [2.24, 2.45) is 5.41 Å². The maximum Gasteiger partial charge on any atom is 0.246 e. The monoisotopic (exact) mass is 352 g/mol. The zero-order valence-electron chi connectivity index (χ0n) is 14.6. The Balaban J connectivity index is 1.70. The molecule has 0 bridgehead atoms. The van der Waals surface area contributed by atoms with Crippen molar-refractivity contribution in [1.29, 1.82) is 5.26 Å². The second kappa shape index (κ2) is 6.54. The van der Waals surface area contributed by atoms with E-state index in [0.29, 0.717) is 35.8 Å². The van der Waals surface area contributed by atoms with Gasteiger partial charge in [-0.3, -0.25) is 9.78 Å². The number of nitrogens with zero attached hydrogens (tertiary/aromatic N) is 3. The predicted octanol–water partition coefficient (Wildman–Crippen LogP) is 2.77. The number of rotatable bonds is 4. The summed E-state index contributed by atoms with van der Waals surface area (Å²) >= 11 is 0. The van der Waals surface area contributed by atoms with Gasteiger partial charge in [0.2, 0.25) is 5.91 Å². The van der Waals surface area contributed by atoms with Gasteiger partial charge in [0.25, 0.3) is 0 Å². The average Bonchev–Trinajstić information content (AvgIpc) is 3.49. The SMILES string of the molecule is COc1ccc(C2CCOCC2)c2ncc(NC(=O)C3(C#N)CC3)nc12. The molecule has 2 heterocycles. The number of nitriles is 1. The van der Waals surface area contributed by atoms with Crippen LogP contribution in [-0.2, 0) is 9.53 Å². The second-order valence-electron chi connectivity index (χ2n) is 6.84. The molecular formula is C19H20N4O3. The van der Waals surface area contributed by atoms with Crippen molar-refractivity contribution in [2.45, 2.75) is 31.6 Å². The molecule has 4 rings (SSSR count). The third kappa shape index (κ3) is 2.86. The minimum atomic E-state index is -0.898. The highest BCUT2D eigenvalue weighted by Gasteiger charge is 2.50. The van der Waals surface area contributed by atoms with E-state index in [1.807, 2.05) is 12.1 Å². The molecule has 1 aromatic carbocycles.